The van der Waals surface area contributed by atoms with Crippen LogP contribution in [0.1, 0.15) is 25.8 Å². The van der Waals surface area contributed by atoms with E-state index < -0.39 is 10.0 Å². The highest BCUT2D eigenvalue weighted by Gasteiger charge is 2.26. The SMILES string of the molecule is CCCNCc1csc(S(=O)(=O)N(C)C(C)COC)c1. The van der Waals surface area contributed by atoms with Crippen molar-refractivity contribution in [1.82, 2.24) is 9.62 Å². The molecule has 1 unspecified atom stereocenters. The molecule has 0 aromatic carbocycles. The fraction of sp³-hybridized carbons (Fsp3) is 0.692. The van der Waals surface area contributed by atoms with E-state index >= 15 is 0 Å². The topological polar surface area (TPSA) is 58.6 Å². The van der Waals surface area contributed by atoms with E-state index in [9.17, 15) is 8.42 Å². The molecule has 1 aromatic rings. The number of hydrogen-bond acceptors (Lipinski definition) is 5. The van der Waals surface area contributed by atoms with Crippen molar-refractivity contribution in [1.29, 1.82) is 0 Å². The lowest BCUT2D eigenvalue weighted by atomic mass is 10.3. The first kappa shape index (κ1) is 17.6. The van der Waals surface area contributed by atoms with Crippen LogP contribution in [0, 0.1) is 0 Å². The van der Waals surface area contributed by atoms with Crippen LogP contribution in [-0.4, -0.2) is 46.1 Å². The molecule has 0 radical (unpaired) electrons. The second kappa shape index (κ2) is 8.09. The van der Waals surface area contributed by atoms with Crippen molar-refractivity contribution >= 4 is 21.4 Å². The van der Waals surface area contributed by atoms with Crippen LogP contribution in [0.2, 0.25) is 0 Å². The molecule has 5 nitrogen and oxygen atoms in total. The third-order valence-corrected chi connectivity index (χ3v) is 6.48. The summed E-state index contributed by atoms with van der Waals surface area (Å²) in [5.74, 6) is 0. The summed E-state index contributed by atoms with van der Waals surface area (Å²) in [5.41, 5.74) is 1.01. The summed E-state index contributed by atoms with van der Waals surface area (Å²) in [6, 6.07) is 1.56. The number of hydrogen-bond donors (Lipinski definition) is 1. The fourth-order valence-corrected chi connectivity index (χ4v) is 4.46. The van der Waals surface area contributed by atoms with Crippen molar-refractivity contribution in [3.05, 3.63) is 17.0 Å². The molecule has 0 aliphatic heterocycles. The maximum Gasteiger partial charge on any atom is 0.252 e. The first-order valence-corrected chi connectivity index (χ1v) is 9.00. The van der Waals surface area contributed by atoms with Gasteiger partial charge in [0.1, 0.15) is 4.21 Å². The molecule has 1 atom stereocenters. The molecule has 0 saturated carbocycles. The molecule has 1 N–H and O–H groups in total. The molecule has 0 aliphatic carbocycles. The van der Waals surface area contributed by atoms with Gasteiger partial charge < -0.3 is 10.1 Å². The Balaban J connectivity index is 2.77. The largest absolute Gasteiger partial charge is 0.383 e. The molecular formula is C13H24N2O3S2. The minimum absolute atomic E-state index is 0.186. The van der Waals surface area contributed by atoms with Crippen molar-refractivity contribution in [2.75, 3.05) is 27.3 Å². The predicted octanol–water partition coefficient (Wildman–Crippen LogP) is 1.90. The predicted molar refractivity (Wildman–Crippen MR) is 82.6 cm³/mol. The van der Waals surface area contributed by atoms with Gasteiger partial charge in [-0.3, -0.25) is 0 Å². The lowest BCUT2D eigenvalue weighted by molar-refractivity contribution is 0.149. The first-order valence-electron chi connectivity index (χ1n) is 6.68. The molecular weight excluding hydrogens is 296 g/mol. The van der Waals surface area contributed by atoms with E-state index in [0.29, 0.717) is 17.4 Å². The smallest absolute Gasteiger partial charge is 0.252 e. The molecule has 0 spiro atoms. The summed E-state index contributed by atoms with van der Waals surface area (Å²) in [6.45, 7) is 5.95. The second-order valence-electron chi connectivity index (χ2n) is 4.78. The van der Waals surface area contributed by atoms with Crippen molar-refractivity contribution in [3.8, 4) is 0 Å². The zero-order chi connectivity index (χ0) is 15.2. The van der Waals surface area contributed by atoms with Crippen LogP contribution in [0.5, 0.6) is 0 Å². The lowest BCUT2D eigenvalue weighted by Gasteiger charge is -2.22. The number of ether oxygens (including phenoxy) is 1. The molecule has 0 fully saturated rings. The van der Waals surface area contributed by atoms with Crippen LogP contribution in [0.3, 0.4) is 0 Å². The number of nitrogens with zero attached hydrogens (tertiary/aromatic N) is 1. The van der Waals surface area contributed by atoms with Crippen molar-refractivity contribution in [2.24, 2.45) is 0 Å². The molecule has 0 aliphatic rings. The van der Waals surface area contributed by atoms with Crippen LogP contribution in [0.4, 0.5) is 0 Å². The Morgan fingerprint density at radius 1 is 1.50 bits per heavy atom. The first-order chi connectivity index (χ1) is 9.43. The molecule has 0 amide bonds. The maximum atomic E-state index is 12.5. The highest BCUT2D eigenvalue weighted by Crippen LogP contribution is 2.24. The number of likely N-dealkylation sites (N-methyl/N-ethyl adjacent to an activating group) is 1. The number of thiophene rings is 1. The van der Waals surface area contributed by atoms with Crippen LogP contribution in [0.15, 0.2) is 15.7 Å². The van der Waals surface area contributed by atoms with Crippen molar-refractivity contribution in [3.63, 3.8) is 0 Å². The van der Waals surface area contributed by atoms with Crippen LogP contribution < -0.4 is 5.32 Å². The van der Waals surface area contributed by atoms with Gasteiger partial charge in [-0.05, 0) is 36.9 Å². The number of sulfonamides is 1. The highest BCUT2D eigenvalue weighted by atomic mass is 32.2. The van der Waals surface area contributed by atoms with Crippen molar-refractivity contribution in [2.45, 2.75) is 37.1 Å². The fourth-order valence-electron chi connectivity index (χ4n) is 1.72. The summed E-state index contributed by atoms with van der Waals surface area (Å²) in [6.07, 6.45) is 1.06. The van der Waals surface area contributed by atoms with Gasteiger partial charge in [0.25, 0.3) is 10.0 Å². The highest BCUT2D eigenvalue weighted by molar-refractivity contribution is 7.91. The minimum atomic E-state index is -3.43. The van der Waals surface area contributed by atoms with Gasteiger partial charge in [0.2, 0.25) is 0 Å². The Kier molecular flexibility index (Phi) is 7.11. The number of nitrogens with one attached hydrogen (secondary N) is 1. The lowest BCUT2D eigenvalue weighted by Crippen LogP contribution is -2.37. The molecule has 7 heteroatoms. The van der Waals surface area contributed by atoms with E-state index in [1.807, 2.05) is 12.3 Å². The van der Waals surface area contributed by atoms with Crippen molar-refractivity contribution < 1.29 is 13.2 Å². The molecule has 1 aromatic heterocycles. The van der Waals surface area contributed by atoms with Gasteiger partial charge in [-0.2, -0.15) is 4.31 Å². The summed E-state index contributed by atoms with van der Waals surface area (Å²) in [7, 11) is -0.266. The van der Waals surface area contributed by atoms with Gasteiger partial charge in [-0.25, -0.2) is 8.42 Å². The third-order valence-electron chi connectivity index (χ3n) is 3.05. The Bertz CT molecular complexity index is 499. The summed E-state index contributed by atoms with van der Waals surface area (Å²) in [4.78, 5) is 0. The van der Waals surface area contributed by atoms with E-state index in [1.165, 1.54) is 15.6 Å². The number of rotatable bonds is 9. The van der Waals surface area contributed by atoms with Crippen LogP contribution in [0.25, 0.3) is 0 Å². The van der Waals surface area contributed by atoms with E-state index in [2.05, 4.69) is 12.2 Å². The van der Waals surface area contributed by atoms with Gasteiger partial charge in [-0.1, -0.05) is 6.92 Å². The summed E-state index contributed by atoms with van der Waals surface area (Å²) in [5, 5.41) is 5.16. The summed E-state index contributed by atoms with van der Waals surface area (Å²) < 4.78 is 31.7. The Morgan fingerprint density at radius 3 is 2.80 bits per heavy atom. The Morgan fingerprint density at radius 2 is 2.20 bits per heavy atom. The average molecular weight is 320 g/mol. The quantitative estimate of drug-likeness (QED) is 0.706. The Hall–Kier alpha value is -0.470. The van der Waals surface area contributed by atoms with Gasteiger partial charge in [0, 0.05) is 26.7 Å². The van der Waals surface area contributed by atoms with Gasteiger partial charge in [0.15, 0.2) is 0 Å². The van der Waals surface area contributed by atoms with E-state index in [1.54, 1.807) is 20.2 Å². The van der Waals surface area contributed by atoms with Crippen LogP contribution in [-0.2, 0) is 21.3 Å². The molecule has 1 heterocycles. The third kappa shape index (κ3) is 4.53. The Labute approximate surface area is 126 Å². The zero-order valence-corrected chi connectivity index (χ0v) is 14.2. The normalized spacial score (nSPS) is 13.8. The van der Waals surface area contributed by atoms with Gasteiger partial charge >= 0.3 is 0 Å². The van der Waals surface area contributed by atoms with Gasteiger partial charge in [-0.15, -0.1) is 11.3 Å². The van der Waals surface area contributed by atoms with Gasteiger partial charge in [0.05, 0.1) is 6.61 Å². The monoisotopic (exact) mass is 320 g/mol. The molecule has 116 valence electrons. The molecule has 1 rings (SSSR count). The number of methoxy groups -OCH3 is 1. The van der Waals surface area contributed by atoms with E-state index in [4.69, 9.17) is 4.74 Å². The molecule has 0 bridgehead atoms. The average Bonchev–Trinajstić information content (AvgIpc) is 2.88. The maximum absolute atomic E-state index is 12.5. The van der Waals surface area contributed by atoms with E-state index in [0.717, 1.165) is 18.5 Å². The summed E-state index contributed by atoms with van der Waals surface area (Å²) >= 11 is 1.27. The second-order valence-corrected chi connectivity index (χ2v) is 7.91. The van der Waals surface area contributed by atoms with Crippen LogP contribution >= 0.6 is 11.3 Å². The minimum Gasteiger partial charge on any atom is -0.383 e. The molecule has 0 saturated heterocycles. The van der Waals surface area contributed by atoms with E-state index in [-0.39, 0.29) is 6.04 Å². The standard InChI is InChI=1S/C13H24N2O3S2/c1-5-6-14-8-12-7-13(19-10-12)20(16,17)15(3)11(2)9-18-4/h7,10-11,14H,5-6,8-9H2,1-4H3. The zero-order valence-electron chi connectivity index (χ0n) is 12.5. The molecule has 20 heavy (non-hydrogen) atoms.